The Bertz CT molecular complexity index is 1100. The smallest absolute Gasteiger partial charge is 0.408 e. The molecule has 0 heterocycles. The van der Waals surface area contributed by atoms with Crippen LogP contribution >= 0.6 is 23.4 Å². The third kappa shape index (κ3) is 9.07. The standard InChI is InChI=1S/C27H33ClN2O5S/c1-6-12-27(17-31,30-25(32)35-26(2,3)4)13-11-20-8-9-21(15-22(20)28)36-24-14-19(16-29)7-10-23(24)34-18-33-5/h6-10,14-15,31H,1,11-13,17-18H2,2-5H3,(H,30,32)/t27-/m0/s1. The number of amides is 1. The highest BCUT2D eigenvalue weighted by Gasteiger charge is 2.32. The summed E-state index contributed by atoms with van der Waals surface area (Å²) in [7, 11) is 1.54. The van der Waals surface area contributed by atoms with E-state index in [0.717, 1.165) is 15.4 Å². The number of aryl methyl sites for hydroxylation is 1. The second-order valence-corrected chi connectivity index (χ2v) is 10.8. The van der Waals surface area contributed by atoms with Crippen LogP contribution in [-0.4, -0.2) is 42.8 Å². The van der Waals surface area contributed by atoms with Gasteiger partial charge in [0.1, 0.15) is 11.4 Å². The van der Waals surface area contributed by atoms with Gasteiger partial charge in [-0.3, -0.25) is 0 Å². The molecule has 1 amide bonds. The van der Waals surface area contributed by atoms with E-state index >= 15 is 0 Å². The lowest BCUT2D eigenvalue weighted by atomic mass is 9.88. The lowest BCUT2D eigenvalue weighted by molar-refractivity contribution is 0.0389. The highest BCUT2D eigenvalue weighted by Crippen LogP contribution is 2.37. The summed E-state index contributed by atoms with van der Waals surface area (Å²) in [6, 6.07) is 13.0. The van der Waals surface area contributed by atoms with Crippen LogP contribution in [0.4, 0.5) is 4.79 Å². The zero-order valence-electron chi connectivity index (χ0n) is 21.1. The van der Waals surface area contributed by atoms with E-state index in [1.807, 2.05) is 18.2 Å². The number of hydrogen-bond acceptors (Lipinski definition) is 7. The topological polar surface area (TPSA) is 101 Å². The normalized spacial score (nSPS) is 12.8. The third-order valence-corrected chi connectivity index (χ3v) is 6.51. The van der Waals surface area contributed by atoms with Crippen molar-refractivity contribution < 1.29 is 24.1 Å². The van der Waals surface area contributed by atoms with Gasteiger partial charge in [0.25, 0.3) is 0 Å². The van der Waals surface area contributed by atoms with Gasteiger partial charge < -0.3 is 24.6 Å². The summed E-state index contributed by atoms with van der Waals surface area (Å²) in [4.78, 5) is 14.0. The van der Waals surface area contributed by atoms with E-state index in [1.54, 1.807) is 52.2 Å². The number of carbonyl (C=O) groups excluding carboxylic acids is 1. The highest BCUT2D eigenvalue weighted by atomic mass is 35.5. The van der Waals surface area contributed by atoms with Crippen molar-refractivity contribution in [3.05, 3.63) is 65.2 Å². The zero-order chi connectivity index (χ0) is 26.8. The number of nitriles is 1. The quantitative estimate of drug-likeness (QED) is 0.251. The average molecular weight is 533 g/mol. The number of benzene rings is 2. The molecule has 2 N–H and O–H groups in total. The molecular formula is C27H33ClN2O5S. The molecule has 1 atom stereocenters. The molecule has 0 fully saturated rings. The van der Waals surface area contributed by atoms with Crippen LogP contribution in [0.3, 0.4) is 0 Å². The van der Waals surface area contributed by atoms with Gasteiger partial charge in [-0.1, -0.05) is 35.5 Å². The number of hydrogen-bond donors (Lipinski definition) is 2. The lowest BCUT2D eigenvalue weighted by Gasteiger charge is -2.33. The molecule has 0 bridgehead atoms. The van der Waals surface area contributed by atoms with Crippen molar-refractivity contribution in [2.45, 2.75) is 61.0 Å². The molecule has 9 heteroatoms. The number of rotatable bonds is 12. The molecule has 0 aliphatic rings. The molecule has 0 aliphatic heterocycles. The van der Waals surface area contributed by atoms with Gasteiger partial charge in [-0.05, 0) is 75.9 Å². The highest BCUT2D eigenvalue weighted by molar-refractivity contribution is 7.99. The first-order chi connectivity index (χ1) is 17.0. The summed E-state index contributed by atoms with van der Waals surface area (Å²) < 4.78 is 16.0. The number of aliphatic hydroxyl groups excluding tert-OH is 1. The number of nitrogens with one attached hydrogen (secondary N) is 1. The first-order valence-corrected chi connectivity index (χ1v) is 12.6. The van der Waals surface area contributed by atoms with Gasteiger partial charge >= 0.3 is 6.09 Å². The Balaban J connectivity index is 2.18. The van der Waals surface area contributed by atoms with Crippen molar-refractivity contribution in [1.82, 2.24) is 5.32 Å². The van der Waals surface area contributed by atoms with Crippen LogP contribution in [0.2, 0.25) is 5.02 Å². The summed E-state index contributed by atoms with van der Waals surface area (Å²) in [5.41, 5.74) is -0.190. The molecule has 0 radical (unpaired) electrons. The van der Waals surface area contributed by atoms with Gasteiger partial charge in [-0.15, -0.1) is 6.58 Å². The van der Waals surface area contributed by atoms with Crippen LogP contribution in [0.15, 0.2) is 58.8 Å². The van der Waals surface area contributed by atoms with Crippen molar-refractivity contribution in [2.75, 3.05) is 20.5 Å². The van der Waals surface area contributed by atoms with E-state index in [-0.39, 0.29) is 13.4 Å². The van der Waals surface area contributed by atoms with E-state index in [0.29, 0.717) is 35.6 Å². The number of carbonyl (C=O) groups is 1. The third-order valence-electron chi connectivity index (χ3n) is 5.13. The maximum Gasteiger partial charge on any atom is 0.408 e. The van der Waals surface area contributed by atoms with Crippen LogP contribution in [0.25, 0.3) is 0 Å². The summed E-state index contributed by atoms with van der Waals surface area (Å²) in [5, 5.41) is 22.8. The minimum atomic E-state index is -0.924. The van der Waals surface area contributed by atoms with Gasteiger partial charge in [0, 0.05) is 17.0 Å². The minimum Gasteiger partial charge on any atom is -0.466 e. The molecule has 2 aromatic carbocycles. The Hall–Kier alpha value is -2.70. The van der Waals surface area contributed by atoms with Gasteiger partial charge in [-0.2, -0.15) is 5.26 Å². The average Bonchev–Trinajstić information content (AvgIpc) is 2.81. The van der Waals surface area contributed by atoms with Crippen molar-refractivity contribution in [3.63, 3.8) is 0 Å². The molecule has 194 valence electrons. The summed E-state index contributed by atoms with van der Waals surface area (Å²) in [6.45, 7) is 8.93. The molecule has 0 saturated heterocycles. The molecular weight excluding hydrogens is 500 g/mol. The molecule has 0 unspecified atom stereocenters. The van der Waals surface area contributed by atoms with Crippen molar-refractivity contribution >= 4 is 29.5 Å². The van der Waals surface area contributed by atoms with Crippen molar-refractivity contribution in [1.29, 1.82) is 5.26 Å². The number of nitrogens with zero attached hydrogens (tertiary/aromatic N) is 1. The van der Waals surface area contributed by atoms with E-state index in [9.17, 15) is 15.2 Å². The minimum absolute atomic E-state index is 0.0911. The number of halogens is 1. The molecule has 36 heavy (non-hydrogen) atoms. The Labute approximate surface area is 222 Å². The van der Waals surface area contributed by atoms with Crippen LogP contribution < -0.4 is 10.1 Å². The monoisotopic (exact) mass is 532 g/mol. The summed E-state index contributed by atoms with van der Waals surface area (Å²) >= 11 is 8.03. The van der Waals surface area contributed by atoms with Crippen LogP contribution in [0, 0.1) is 11.3 Å². The van der Waals surface area contributed by atoms with E-state index < -0.39 is 17.2 Å². The largest absolute Gasteiger partial charge is 0.466 e. The van der Waals surface area contributed by atoms with Gasteiger partial charge in [0.2, 0.25) is 0 Å². The predicted molar refractivity (Wildman–Crippen MR) is 142 cm³/mol. The van der Waals surface area contributed by atoms with Crippen molar-refractivity contribution in [3.8, 4) is 11.8 Å². The number of ether oxygens (including phenoxy) is 3. The van der Waals surface area contributed by atoms with Gasteiger partial charge in [0.15, 0.2) is 6.79 Å². The van der Waals surface area contributed by atoms with E-state index in [4.69, 9.17) is 25.8 Å². The van der Waals surface area contributed by atoms with Crippen molar-refractivity contribution in [2.24, 2.45) is 0 Å². The predicted octanol–water partition coefficient (Wildman–Crippen LogP) is 6.11. The summed E-state index contributed by atoms with van der Waals surface area (Å²) in [5.74, 6) is 0.603. The molecule has 2 rings (SSSR count). The fraction of sp³-hybridized carbons (Fsp3) is 0.407. The van der Waals surface area contributed by atoms with Crippen LogP contribution in [-0.2, 0) is 15.9 Å². The molecule has 0 aliphatic carbocycles. The van der Waals surface area contributed by atoms with Crippen LogP contribution in [0.1, 0.15) is 44.7 Å². The molecule has 0 aromatic heterocycles. The fourth-order valence-corrected chi connectivity index (χ4v) is 4.71. The van der Waals surface area contributed by atoms with Gasteiger partial charge in [0.05, 0.1) is 28.7 Å². The first kappa shape index (κ1) is 29.5. The lowest BCUT2D eigenvalue weighted by Crippen LogP contribution is -2.52. The maximum atomic E-state index is 12.4. The first-order valence-electron chi connectivity index (χ1n) is 11.4. The number of aliphatic hydroxyl groups is 1. The zero-order valence-corrected chi connectivity index (χ0v) is 22.7. The Morgan fingerprint density at radius 2 is 2.03 bits per heavy atom. The van der Waals surface area contributed by atoms with E-state index in [2.05, 4.69) is 18.0 Å². The number of alkyl carbamates (subject to hydrolysis) is 1. The van der Waals surface area contributed by atoms with E-state index in [1.165, 1.54) is 11.8 Å². The second kappa shape index (κ2) is 13.6. The molecule has 0 spiro atoms. The SMILES string of the molecule is C=CC[C@@](CO)(CCc1ccc(Sc2cc(C#N)ccc2OCOC)cc1Cl)NC(=O)OC(C)(C)C. The van der Waals surface area contributed by atoms with Crippen LogP contribution in [0.5, 0.6) is 5.75 Å². The number of methoxy groups -OCH3 is 1. The Kier molecular flexibility index (Phi) is 11.1. The second-order valence-electron chi connectivity index (χ2n) is 9.24. The molecule has 2 aromatic rings. The molecule has 7 nitrogen and oxygen atoms in total. The Morgan fingerprint density at radius 3 is 2.61 bits per heavy atom. The summed E-state index contributed by atoms with van der Waals surface area (Å²) in [6.07, 6.45) is 2.38. The fourth-order valence-electron chi connectivity index (χ4n) is 3.39. The molecule has 0 saturated carbocycles. The van der Waals surface area contributed by atoms with Gasteiger partial charge in [-0.25, -0.2) is 4.79 Å². The maximum absolute atomic E-state index is 12.4. The Morgan fingerprint density at radius 1 is 1.28 bits per heavy atom.